The van der Waals surface area contributed by atoms with E-state index >= 15 is 0 Å². The summed E-state index contributed by atoms with van der Waals surface area (Å²) >= 11 is 5.78. The van der Waals surface area contributed by atoms with Crippen LogP contribution in [0.2, 0.25) is 5.15 Å². The van der Waals surface area contributed by atoms with Crippen molar-refractivity contribution in [3.8, 4) is 11.1 Å². The lowest BCUT2D eigenvalue weighted by Crippen LogP contribution is -2.08. The molecule has 0 unspecified atom stereocenters. The second kappa shape index (κ2) is 5.28. The summed E-state index contributed by atoms with van der Waals surface area (Å²) in [5, 5.41) is -0.179. The molecule has 0 amide bonds. The Balaban J connectivity index is 2.80. The number of hydrogen-bond donors (Lipinski definition) is 1. The van der Waals surface area contributed by atoms with Crippen molar-refractivity contribution < 1.29 is 26.1 Å². The van der Waals surface area contributed by atoms with E-state index in [1.807, 2.05) is 0 Å². The van der Waals surface area contributed by atoms with Crippen molar-refractivity contribution in [2.24, 2.45) is 0 Å². The third kappa shape index (κ3) is 3.34. The molecule has 9 heteroatoms. The Bertz CT molecular complexity index is 791. The van der Waals surface area contributed by atoms with E-state index in [9.17, 15) is 21.6 Å². The third-order valence-electron chi connectivity index (χ3n) is 2.63. The molecule has 0 bridgehead atoms. The Labute approximate surface area is 123 Å². The van der Waals surface area contributed by atoms with Gasteiger partial charge in [0.25, 0.3) is 10.1 Å². The van der Waals surface area contributed by atoms with Crippen LogP contribution < -0.4 is 0 Å². The Morgan fingerprint density at radius 2 is 1.81 bits per heavy atom. The van der Waals surface area contributed by atoms with Crippen LogP contribution in [0.1, 0.15) is 5.56 Å². The highest BCUT2D eigenvalue weighted by Crippen LogP contribution is 2.37. The minimum Gasteiger partial charge on any atom is -0.282 e. The first-order valence-electron chi connectivity index (χ1n) is 5.40. The Morgan fingerprint density at radius 1 is 1.14 bits per heavy atom. The second-order valence-electron chi connectivity index (χ2n) is 4.03. The molecule has 1 aromatic heterocycles. The zero-order chi connectivity index (χ0) is 15.8. The van der Waals surface area contributed by atoms with Crippen molar-refractivity contribution in [2.45, 2.75) is 11.1 Å². The van der Waals surface area contributed by atoms with Crippen molar-refractivity contribution in [3.63, 3.8) is 0 Å². The molecule has 2 rings (SSSR count). The van der Waals surface area contributed by atoms with Gasteiger partial charge in [-0.2, -0.15) is 21.6 Å². The van der Waals surface area contributed by atoms with E-state index in [4.69, 9.17) is 16.2 Å². The van der Waals surface area contributed by atoms with Gasteiger partial charge in [0.2, 0.25) is 0 Å². The maximum Gasteiger partial charge on any atom is 0.416 e. The molecule has 0 aliphatic rings. The highest BCUT2D eigenvalue weighted by molar-refractivity contribution is 7.86. The molecule has 2 aromatic rings. The van der Waals surface area contributed by atoms with Crippen LogP contribution in [0.4, 0.5) is 13.2 Å². The fourth-order valence-electron chi connectivity index (χ4n) is 1.73. The minimum absolute atomic E-state index is 0.0297. The van der Waals surface area contributed by atoms with E-state index in [0.29, 0.717) is 18.2 Å². The molecule has 0 radical (unpaired) electrons. The average Bonchev–Trinajstić information content (AvgIpc) is 2.36. The van der Waals surface area contributed by atoms with Gasteiger partial charge in [0.05, 0.1) is 5.56 Å². The topological polar surface area (TPSA) is 67.3 Å². The van der Waals surface area contributed by atoms with Gasteiger partial charge in [0.15, 0.2) is 0 Å². The number of pyridine rings is 1. The molecule has 0 aliphatic carbocycles. The molecular weight excluding hydrogens is 331 g/mol. The van der Waals surface area contributed by atoms with Crippen molar-refractivity contribution in [1.82, 2.24) is 4.98 Å². The molecule has 112 valence electrons. The number of nitrogens with zero attached hydrogens (tertiary/aromatic N) is 1. The lowest BCUT2D eigenvalue weighted by molar-refractivity contribution is -0.137. The van der Waals surface area contributed by atoms with Crippen molar-refractivity contribution in [2.75, 3.05) is 0 Å². The fourth-order valence-corrected chi connectivity index (χ4v) is 2.64. The molecule has 0 fully saturated rings. The quantitative estimate of drug-likeness (QED) is 0.670. The third-order valence-corrected chi connectivity index (χ3v) is 3.85. The standard InChI is InChI=1S/C12H7ClF3NO3S/c13-11-8(2-1-5-17-11)9-6-7(12(14,15)16)3-4-10(9)21(18,19)20/h1-6H,(H,18,19,20). The number of alkyl halides is 3. The average molecular weight is 338 g/mol. The summed E-state index contributed by atoms with van der Waals surface area (Å²) in [5.74, 6) is 0. The van der Waals surface area contributed by atoms with E-state index in [1.165, 1.54) is 18.3 Å². The highest BCUT2D eigenvalue weighted by atomic mass is 35.5. The van der Waals surface area contributed by atoms with Crippen molar-refractivity contribution in [3.05, 3.63) is 47.2 Å². The summed E-state index contributed by atoms with van der Waals surface area (Å²) in [6, 6.07) is 4.54. The Kier molecular flexibility index (Phi) is 3.96. The van der Waals surface area contributed by atoms with Crippen LogP contribution in [0, 0.1) is 0 Å². The van der Waals surface area contributed by atoms with E-state index in [0.717, 1.165) is 0 Å². The van der Waals surface area contributed by atoms with Crippen molar-refractivity contribution >= 4 is 21.7 Å². The van der Waals surface area contributed by atoms with Gasteiger partial charge in [-0.05, 0) is 30.3 Å². The summed E-state index contributed by atoms with van der Waals surface area (Å²) in [4.78, 5) is 3.00. The minimum atomic E-state index is -4.71. The van der Waals surface area contributed by atoms with Gasteiger partial charge in [-0.15, -0.1) is 0 Å². The zero-order valence-corrected chi connectivity index (χ0v) is 11.7. The summed E-state index contributed by atoms with van der Waals surface area (Å²) in [6.45, 7) is 0. The monoisotopic (exact) mass is 337 g/mol. The van der Waals surface area contributed by atoms with Crippen molar-refractivity contribution in [1.29, 1.82) is 0 Å². The molecule has 4 nitrogen and oxygen atoms in total. The van der Waals surface area contributed by atoms with Gasteiger partial charge in [0.1, 0.15) is 10.0 Å². The second-order valence-corrected chi connectivity index (χ2v) is 5.77. The van der Waals surface area contributed by atoms with Crippen LogP contribution in [0.5, 0.6) is 0 Å². The summed E-state index contributed by atoms with van der Waals surface area (Å²) in [6.07, 6.45) is -3.37. The Morgan fingerprint density at radius 3 is 2.33 bits per heavy atom. The number of hydrogen-bond acceptors (Lipinski definition) is 3. The zero-order valence-electron chi connectivity index (χ0n) is 10.1. The van der Waals surface area contributed by atoms with Crippen LogP contribution in [0.25, 0.3) is 11.1 Å². The lowest BCUT2D eigenvalue weighted by atomic mass is 10.0. The number of aromatic nitrogens is 1. The van der Waals surface area contributed by atoms with Crippen LogP contribution in [0.15, 0.2) is 41.4 Å². The first-order valence-corrected chi connectivity index (χ1v) is 7.22. The van der Waals surface area contributed by atoms with Crippen LogP contribution >= 0.6 is 11.6 Å². The largest absolute Gasteiger partial charge is 0.416 e. The van der Waals surface area contributed by atoms with E-state index in [1.54, 1.807) is 0 Å². The SMILES string of the molecule is O=S(=O)(O)c1ccc(C(F)(F)F)cc1-c1cccnc1Cl. The van der Waals surface area contributed by atoms with Gasteiger partial charge in [0, 0.05) is 17.3 Å². The number of rotatable bonds is 2. The van der Waals surface area contributed by atoms with Gasteiger partial charge in [-0.25, -0.2) is 4.98 Å². The normalized spacial score (nSPS) is 12.4. The first kappa shape index (κ1) is 15.7. The Hall–Kier alpha value is -1.64. The molecule has 0 saturated carbocycles. The molecule has 1 heterocycles. The molecule has 0 spiro atoms. The summed E-state index contributed by atoms with van der Waals surface area (Å²) in [7, 11) is -4.71. The molecule has 0 saturated heterocycles. The molecule has 21 heavy (non-hydrogen) atoms. The molecule has 1 N–H and O–H groups in total. The number of benzene rings is 1. The fraction of sp³-hybridized carbons (Fsp3) is 0.0833. The van der Waals surface area contributed by atoms with E-state index in [-0.39, 0.29) is 16.3 Å². The predicted molar refractivity (Wildman–Crippen MR) is 69.5 cm³/mol. The predicted octanol–water partition coefficient (Wildman–Crippen LogP) is 3.67. The van der Waals surface area contributed by atoms with Gasteiger partial charge >= 0.3 is 6.18 Å². The van der Waals surface area contributed by atoms with Gasteiger partial charge in [-0.1, -0.05) is 11.6 Å². The molecule has 0 aliphatic heterocycles. The number of halogens is 4. The smallest absolute Gasteiger partial charge is 0.282 e. The maximum atomic E-state index is 12.8. The first-order chi connectivity index (χ1) is 9.60. The maximum absolute atomic E-state index is 12.8. The van der Waals surface area contributed by atoms with Crippen LogP contribution in [-0.2, 0) is 16.3 Å². The molecular formula is C12H7ClF3NO3S. The van der Waals surface area contributed by atoms with Crippen LogP contribution in [-0.4, -0.2) is 18.0 Å². The highest BCUT2D eigenvalue weighted by Gasteiger charge is 2.32. The molecule has 1 aromatic carbocycles. The summed E-state index contributed by atoms with van der Waals surface area (Å²) in [5.41, 5.74) is -1.46. The van der Waals surface area contributed by atoms with E-state index < -0.39 is 26.8 Å². The summed E-state index contributed by atoms with van der Waals surface area (Å²) < 4.78 is 70.0. The van der Waals surface area contributed by atoms with Gasteiger partial charge < -0.3 is 0 Å². The van der Waals surface area contributed by atoms with Crippen LogP contribution in [0.3, 0.4) is 0 Å². The molecule has 0 atom stereocenters. The van der Waals surface area contributed by atoms with Gasteiger partial charge in [-0.3, -0.25) is 4.55 Å². The van der Waals surface area contributed by atoms with E-state index in [2.05, 4.69) is 4.98 Å². The lowest BCUT2D eigenvalue weighted by Gasteiger charge is -2.12.